The van der Waals surface area contributed by atoms with E-state index in [9.17, 15) is 4.79 Å². The Bertz CT molecular complexity index is 374. The maximum absolute atomic E-state index is 11.9. The molecule has 1 aliphatic rings. The lowest BCUT2D eigenvalue weighted by atomic mass is 10.0. The van der Waals surface area contributed by atoms with Crippen LogP contribution in [0.15, 0.2) is 30.3 Å². The molecule has 0 bridgehead atoms. The Labute approximate surface area is 108 Å². The summed E-state index contributed by atoms with van der Waals surface area (Å²) in [6.45, 7) is 1.42. The molecule has 1 aromatic rings. The van der Waals surface area contributed by atoms with Crippen molar-refractivity contribution in [3.05, 3.63) is 35.9 Å². The largest absolute Gasteiger partial charge is 0.353 e. The predicted molar refractivity (Wildman–Crippen MR) is 72.0 cm³/mol. The highest BCUT2D eigenvalue weighted by Gasteiger charge is 2.20. The monoisotopic (exact) mass is 247 g/mol. The first-order chi connectivity index (χ1) is 8.77. The van der Waals surface area contributed by atoms with E-state index >= 15 is 0 Å². The molecule has 0 spiro atoms. The minimum atomic E-state index is -0.140. The molecule has 0 aliphatic carbocycles. The number of hydrogen-bond acceptors (Lipinski definition) is 3. The number of carbonyl (C=O) groups excluding carboxylic acids is 1. The van der Waals surface area contributed by atoms with E-state index in [1.807, 2.05) is 30.3 Å². The summed E-state index contributed by atoms with van der Waals surface area (Å²) in [4.78, 5) is 11.9. The van der Waals surface area contributed by atoms with Crippen LogP contribution in [0.2, 0.25) is 0 Å². The van der Waals surface area contributed by atoms with Crippen LogP contribution in [0.5, 0.6) is 0 Å². The molecule has 18 heavy (non-hydrogen) atoms. The molecule has 1 fully saturated rings. The minimum absolute atomic E-state index is 0.0401. The van der Waals surface area contributed by atoms with Crippen molar-refractivity contribution in [2.75, 3.05) is 13.1 Å². The number of amides is 1. The molecule has 1 aliphatic heterocycles. The Morgan fingerprint density at radius 1 is 1.39 bits per heavy atom. The van der Waals surface area contributed by atoms with Gasteiger partial charge in [-0.2, -0.15) is 0 Å². The summed E-state index contributed by atoms with van der Waals surface area (Å²) in [7, 11) is 0. The Hall–Kier alpha value is -1.39. The predicted octanol–water partition coefficient (Wildman–Crippen LogP) is 0.945. The number of piperidine rings is 1. The van der Waals surface area contributed by atoms with E-state index in [1.54, 1.807) is 0 Å². The molecule has 4 N–H and O–H groups in total. The zero-order valence-corrected chi connectivity index (χ0v) is 10.6. The van der Waals surface area contributed by atoms with Crippen LogP contribution in [0.1, 0.15) is 30.9 Å². The van der Waals surface area contributed by atoms with E-state index in [1.165, 1.54) is 0 Å². The Kier molecular flexibility index (Phi) is 4.73. The van der Waals surface area contributed by atoms with Crippen molar-refractivity contribution in [2.24, 2.45) is 5.73 Å². The summed E-state index contributed by atoms with van der Waals surface area (Å²) in [5.74, 6) is 0.0704. The standard InChI is InChI=1S/C14H21N3O/c15-12(11-6-2-1-3-7-11)10-17-14(18)13-8-4-5-9-16-13/h1-3,6-7,12-13,16H,4-5,8-10,15H2,(H,17,18). The average Bonchev–Trinajstić information content (AvgIpc) is 2.46. The highest BCUT2D eigenvalue weighted by atomic mass is 16.2. The number of carbonyl (C=O) groups is 1. The smallest absolute Gasteiger partial charge is 0.237 e. The molecule has 1 heterocycles. The molecule has 4 nitrogen and oxygen atoms in total. The first kappa shape index (κ1) is 13.1. The van der Waals surface area contributed by atoms with Gasteiger partial charge in [0, 0.05) is 12.6 Å². The zero-order chi connectivity index (χ0) is 12.8. The molecule has 0 aromatic heterocycles. The van der Waals surface area contributed by atoms with Crippen LogP contribution in [-0.2, 0) is 4.79 Å². The van der Waals surface area contributed by atoms with Crippen LogP contribution in [0, 0.1) is 0 Å². The second kappa shape index (κ2) is 6.52. The van der Waals surface area contributed by atoms with Gasteiger partial charge in [-0.1, -0.05) is 36.8 Å². The second-order valence-electron chi connectivity index (χ2n) is 4.76. The van der Waals surface area contributed by atoms with Gasteiger partial charge < -0.3 is 16.4 Å². The van der Waals surface area contributed by atoms with Crippen LogP contribution in [-0.4, -0.2) is 25.0 Å². The number of hydrogen-bond donors (Lipinski definition) is 3. The highest BCUT2D eigenvalue weighted by molar-refractivity contribution is 5.81. The zero-order valence-electron chi connectivity index (χ0n) is 10.6. The number of benzene rings is 1. The first-order valence-electron chi connectivity index (χ1n) is 6.59. The molecule has 0 saturated carbocycles. The van der Waals surface area contributed by atoms with Crippen LogP contribution in [0.25, 0.3) is 0 Å². The van der Waals surface area contributed by atoms with Crippen molar-refractivity contribution in [2.45, 2.75) is 31.3 Å². The summed E-state index contributed by atoms with van der Waals surface area (Å²) >= 11 is 0. The van der Waals surface area contributed by atoms with Gasteiger partial charge in [0.05, 0.1) is 6.04 Å². The summed E-state index contributed by atoms with van der Waals surface area (Å²) in [6, 6.07) is 9.66. The van der Waals surface area contributed by atoms with E-state index in [2.05, 4.69) is 10.6 Å². The van der Waals surface area contributed by atoms with E-state index in [4.69, 9.17) is 5.73 Å². The highest BCUT2D eigenvalue weighted by Crippen LogP contribution is 2.09. The van der Waals surface area contributed by atoms with Gasteiger partial charge in [0.1, 0.15) is 0 Å². The summed E-state index contributed by atoms with van der Waals surface area (Å²) in [6.07, 6.45) is 3.20. The van der Waals surface area contributed by atoms with E-state index in [0.717, 1.165) is 31.4 Å². The van der Waals surface area contributed by atoms with Crippen molar-refractivity contribution in [1.82, 2.24) is 10.6 Å². The van der Waals surface area contributed by atoms with Crippen molar-refractivity contribution >= 4 is 5.91 Å². The van der Waals surface area contributed by atoms with Gasteiger partial charge in [0.25, 0.3) is 0 Å². The number of nitrogens with two attached hydrogens (primary N) is 1. The Morgan fingerprint density at radius 3 is 2.83 bits per heavy atom. The maximum Gasteiger partial charge on any atom is 0.237 e. The fourth-order valence-electron chi connectivity index (χ4n) is 2.23. The number of nitrogens with one attached hydrogen (secondary N) is 2. The Balaban J connectivity index is 1.78. The molecular weight excluding hydrogens is 226 g/mol. The SMILES string of the molecule is NC(CNC(=O)C1CCCCN1)c1ccccc1. The fraction of sp³-hybridized carbons (Fsp3) is 0.500. The number of rotatable bonds is 4. The maximum atomic E-state index is 11.9. The van der Waals surface area contributed by atoms with Crippen molar-refractivity contribution in [3.8, 4) is 0 Å². The minimum Gasteiger partial charge on any atom is -0.353 e. The molecule has 1 amide bonds. The van der Waals surface area contributed by atoms with Gasteiger partial charge in [0.15, 0.2) is 0 Å². The lowest BCUT2D eigenvalue weighted by molar-refractivity contribution is -0.123. The molecule has 98 valence electrons. The van der Waals surface area contributed by atoms with E-state index in [-0.39, 0.29) is 18.0 Å². The first-order valence-corrected chi connectivity index (χ1v) is 6.59. The fourth-order valence-corrected chi connectivity index (χ4v) is 2.23. The molecule has 1 aromatic carbocycles. The van der Waals surface area contributed by atoms with Gasteiger partial charge in [-0.3, -0.25) is 4.79 Å². The van der Waals surface area contributed by atoms with Crippen LogP contribution < -0.4 is 16.4 Å². The second-order valence-corrected chi connectivity index (χ2v) is 4.76. The summed E-state index contributed by atoms with van der Waals surface area (Å²) in [5, 5.41) is 6.15. The molecule has 2 atom stereocenters. The molecule has 4 heteroatoms. The normalized spacial score (nSPS) is 21.3. The van der Waals surface area contributed by atoms with Gasteiger partial charge in [0.2, 0.25) is 5.91 Å². The molecular formula is C14H21N3O. The average molecular weight is 247 g/mol. The van der Waals surface area contributed by atoms with Crippen LogP contribution in [0.3, 0.4) is 0 Å². The molecule has 2 rings (SSSR count). The lowest BCUT2D eigenvalue weighted by Crippen LogP contribution is -2.48. The Morgan fingerprint density at radius 2 is 2.17 bits per heavy atom. The van der Waals surface area contributed by atoms with Gasteiger partial charge in [-0.05, 0) is 24.9 Å². The van der Waals surface area contributed by atoms with Gasteiger partial charge >= 0.3 is 0 Å². The van der Waals surface area contributed by atoms with Gasteiger partial charge in [-0.25, -0.2) is 0 Å². The van der Waals surface area contributed by atoms with Gasteiger partial charge in [-0.15, -0.1) is 0 Å². The third-order valence-corrected chi connectivity index (χ3v) is 3.35. The summed E-state index contributed by atoms with van der Waals surface area (Å²) in [5.41, 5.74) is 7.09. The third kappa shape index (κ3) is 3.55. The third-order valence-electron chi connectivity index (χ3n) is 3.35. The lowest BCUT2D eigenvalue weighted by Gasteiger charge is -2.23. The topological polar surface area (TPSA) is 67.1 Å². The quantitative estimate of drug-likeness (QED) is 0.742. The van der Waals surface area contributed by atoms with E-state index < -0.39 is 0 Å². The summed E-state index contributed by atoms with van der Waals surface area (Å²) < 4.78 is 0. The van der Waals surface area contributed by atoms with Crippen LogP contribution in [0.4, 0.5) is 0 Å². The molecule has 2 unspecified atom stereocenters. The van der Waals surface area contributed by atoms with E-state index in [0.29, 0.717) is 6.54 Å². The van der Waals surface area contributed by atoms with Crippen LogP contribution >= 0.6 is 0 Å². The molecule has 0 radical (unpaired) electrons. The van der Waals surface area contributed by atoms with Crippen molar-refractivity contribution < 1.29 is 4.79 Å². The van der Waals surface area contributed by atoms with Crippen molar-refractivity contribution in [3.63, 3.8) is 0 Å². The molecule has 1 saturated heterocycles. The van der Waals surface area contributed by atoms with Crippen molar-refractivity contribution in [1.29, 1.82) is 0 Å².